The van der Waals surface area contributed by atoms with Gasteiger partial charge in [0.15, 0.2) is 11.5 Å². The number of nitrogens with zero attached hydrogens (tertiary/aromatic N) is 2. The second-order valence-electron chi connectivity index (χ2n) is 6.76. The van der Waals surface area contributed by atoms with Crippen LogP contribution in [0.25, 0.3) is 11.4 Å². The summed E-state index contributed by atoms with van der Waals surface area (Å²) in [5.74, 6) is 2.33. The fourth-order valence-corrected chi connectivity index (χ4v) is 3.49. The Morgan fingerprint density at radius 1 is 1.26 bits per heavy atom. The summed E-state index contributed by atoms with van der Waals surface area (Å²) in [7, 11) is 0. The third kappa shape index (κ3) is 3.80. The van der Waals surface area contributed by atoms with Crippen LogP contribution in [0.1, 0.15) is 31.7 Å². The van der Waals surface area contributed by atoms with Crippen LogP contribution in [-0.2, 0) is 16.8 Å². The van der Waals surface area contributed by atoms with Crippen molar-refractivity contribution in [3.63, 3.8) is 0 Å². The molecule has 1 amide bonds. The summed E-state index contributed by atoms with van der Waals surface area (Å²) < 4.78 is 16.0. The van der Waals surface area contributed by atoms with Crippen LogP contribution in [0.2, 0.25) is 0 Å². The van der Waals surface area contributed by atoms with Crippen LogP contribution >= 0.6 is 11.3 Å². The van der Waals surface area contributed by atoms with Gasteiger partial charge in [0.25, 0.3) is 0 Å². The van der Waals surface area contributed by atoms with Gasteiger partial charge < -0.3 is 19.3 Å². The summed E-state index contributed by atoms with van der Waals surface area (Å²) in [6.07, 6.45) is 0.652. The van der Waals surface area contributed by atoms with E-state index in [1.165, 1.54) is 0 Å². The Morgan fingerprint density at radius 2 is 2.11 bits per heavy atom. The molecular weight excluding hydrogens is 366 g/mol. The molecule has 2 aromatic heterocycles. The number of ether oxygens (including phenoxy) is 2. The topological polar surface area (TPSA) is 86.5 Å². The van der Waals surface area contributed by atoms with E-state index in [4.69, 9.17) is 14.0 Å². The van der Waals surface area contributed by atoms with E-state index in [1.54, 1.807) is 11.3 Å². The van der Waals surface area contributed by atoms with Crippen molar-refractivity contribution in [1.82, 2.24) is 15.5 Å². The average Bonchev–Trinajstić information content (AvgIpc) is 3.39. The minimum atomic E-state index is -0.547. The fraction of sp³-hybridized carbons (Fsp3) is 0.316. The molecule has 0 radical (unpaired) electrons. The zero-order chi connectivity index (χ0) is 18.9. The molecule has 3 heterocycles. The van der Waals surface area contributed by atoms with Gasteiger partial charge in [-0.15, -0.1) is 0 Å². The maximum atomic E-state index is 12.4. The molecule has 0 bridgehead atoms. The molecule has 4 rings (SSSR count). The molecule has 27 heavy (non-hydrogen) atoms. The normalized spacial score (nSPS) is 13.0. The molecule has 1 N–H and O–H groups in total. The van der Waals surface area contributed by atoms with E-state index < -0.39 is 5.54 Å². The summed E-state index contributed by atoms with van der Waals surface area (Å²) in [6, 6.07) is 7.61. The van der Waals surface area contributed by atoms with Crippen molar-refractivity contribution in [3.05, 3.63) is 46.5 Å². The second kappa shape index (κ2) is 7.03. The molecule has 1 aliphatic rings. The highest BCUT2D eigenvalue weighted by atomic mass is 32.1. The minimum absolute atomic E-state index is 0.0899. The van der Waals surface area contributed by atoms with Gasteiger partial charge in [0.1, 0.15) is 0 Å². The van der Waals surface area contributed by atoms with Crippen LogP contribution in [0.3, 0.4) is 0 Å². The van der Waals surface area contributed by atoms with Crippen molar-refractivity contribution in [3.8, 4) is 22.9 Å². The van der Waals surface area contributed by atoms with E-state index in [-0.39, 0.29) is 19.1 Å². The largest absolute Gasteiger partial charge is 0.454 e. The van der Waals surface area contributed by atoms with E-state index in [9.17, 15) is 4.79 Å². The van der Waals surface area contributed by atoms with E-state index in [1.807, 2.05) is 48.9 Å². The van der Waals surface area contributed by atoms with E-state index >= 15 is 0 Å². The van der Waals surface area contributed by atoms with Crippen LogP contribution in [0.4, 0.5) is 0 Å². The molecule has 0 atom stereocenters. The highest BCUT2D eigenvalue weighted by Gasteiger charge is 2.26. The molecule has 0 unspecified atom stereocenters. The predicted molar refractivity (Wildman–Crippen MR) is 99.7 cm³/mol. The monoisotopic (exact) mass is 385 g/mol. The number of carbonyl (C=O) groups is 1. The smallest absolute Gasteiger partial charge is 0.231 e. The number of rotatable bonds is 6. The van der Waals surface area contributed by atoms with Crippen molar-refractivity contribution < 1.29 is 18.8 Å². The van der Waals surface area contributed by atoms with Crippen molar-refractivity contribution in [2.75, 3.05) is 6.79 Å². The maximum absolute atomic E-state index is 12.4. The lowest BCUT2D eigenvalue weighted by molar-refractivity contribution is -0.122. The zero-order valence-electron chi connectivity index (χ0n) is 15.0. The number of thiophene rings is 1. The number of nitrogens with one attached hydrogen (secondary N) is 1. The molecule has 3 aromatic rings. The number of hydrogen-bond donors (Lipinski definition) is 1. The maximum Gasteiger partial charge on any atom is 0.231 e. The lowest BCUT2D eigenvalue weighted by atomic mass is 9.93. The number of fused-ring (bicyclic) bond motifs is 1. The first-order chi connectivity index (χ1) is 13.0. The first-order valence-electron chi connectivity index (χ1n) is 8.57. The van der Waals surface area contributed by atoms with Crippen LogP contribution < -0.4 is 14.8 Å². The molecule has 0 saturated heterocycles. The van der Waals surface area contributed by atoms with Gasteiger partial charge in [0.2, 0.25) is 24.4 Å². The summed E-state index contributed by atoms with van der Waals surface area (Å²) >= 11 is 1.57. The lowest BCUT2D eigenvalue weighted by Gasteiger charge is -2.27. The number of benzene rings is 1. The Labute approximate surface area is 160 Å². The highest BCUT2D eigenvalue weighted by Crippen LogP contribution is 2.35. The van der Waals surface area contributed by atoms with E-state index in [2.05, 4.69) is 15.5 Å². The summed E-state index contributed by atoms with van der Waals surface area (Å²) in [5, 5.41) is 10.9. The first kappa shape index (κ1) is 17.5. The van der Waals surface area contributed by atoms with Crippen LogP contribution in [0.15, 0.2) is 39.5 Å². The van der Waals surface area contributed by atoms with Gasteiger partial charge in [-0.25, -0.2) is 0 Å². The molecule has 0 fully saturated rings. The highest BCUT2D eigenvalue weighted by molar-refractivity contribution is 7.08. The van der Waals surface area contributed by atoms with E-state index in [0.29, 0.717) is 23.9 Å². The third-order valence-electron chi connectivity index (χ3n) is 4.36. The SMILES string of the molecule is CC(C)(NC(=O)CCc1nc(-c2ccsc2)no1)c1ccc2c(c1)OCO2. The van der Waals surface area contributed by atoms with Crippen molar-refractivity contribution >= 4 is 17.2 Å². The molecule has 7 nitrogen and oxygen atoms in total. The van der Waals surface area contributed by atoms with Crippen molar-refractivity contribution in [2.24, 2.45) is 0 Å². The number of carbonyl (C=O) groups excluding carboxylic acids is 1. The molecule has 8 heteroatoms. The van der Waals surface area contributed by atoms with Gasteiger partial charge in [-0.2, -0.15) is 16.3 Å². The molecular formula is C19H19N3O4S. The molecule has 1 aromatic carbocycles. The lowest BCUT2D eigenvalue weighted by Crippen LogP contribution is -2.41. The Kier molecular flexibility index (Phi) is 4.57. The van der Waals surface area contributed by atoms with Crippen LogP contribution in [-0.4, -0.2) is 22.8 Å². The fourth-order valence-electron chi connectivity index (χ4n) is 2.85. The number of aryl methyl sites for hydroxylation is 1. The predicted octanol–water partition coefficient (Wildman–Crippen LogP) is 3.51. The molecule has 1 aliphatic heterocycles. The summed E-state index contributed by atoms with van der Waals surface area (Å²) in [4.78, 5) is 16.8. The Morgan fingerprint density at radius 3 is 2.93 bits per heavy atom. The number of amides is 1. The van der Waals surface area contributed by atoms with Gasteiger partial charge in [0.05, 0.1) is 5.54 Å². The van der Waals surface area contributed by atoms with Gasteiger partial charge in [-0.05, 0) is 43.0 Å². The zero-order valence-corrected chi connectivity index (χ0v) is 15.8. The summed E-state index contributed by atoms with van der Waals surface area (Å²) in [6.45, 7) is 4.12. The van der Waals surface area contributed by atoms with Crippen molar-refractivity contribution in [1.29, 1.82) is 0 Å². The Balaban J connectivity index is 1.36. The number of aromatic nitrogens is 2. The van der Waals surface area contributed by atoms with Crippen LogP contribution in [0.5, 0.6) is 11.5 Å². The second-order valence-corrected chi connectivity index (χ2v) is 7.54. The molecule has 140 valence electrons. The van der Waals surface area contributed by atoms with Gasteiger partial charge in [0, 0.05) is 23.8 Å². The average molecular weight is 385 g/mol. The van der Waals surface area contributed by atoms with Crippen LogP contribution in [0, 0.1) is 0 Å². The van der Waals surface area contributed by atoms with Gasteiger partial charge >= 0.3 is 0 Å². The molecule has 0 aliphatic carbocycles. The van der Waals surface area contributed by atoms with Crippen molar-refractivity contribution in [2.45, 2.75) is 32.2 Å². The van der Waals surface area contributed by atoms with E-state index in [0.717, 1.165) is 16.9 Å². The molecule has 0 saturated carbocycles. The standard InChI is InChI=1S/C19H19N3O4S/c1-19(2,13-3-4-14-15(9-13)25-11-24-14)21-16(23)5-6-17-20-18(22-26-17)12-7-8-27-10-12/h3-4,7-10H,5-6,11H2,1-2H3,(H,21,23). The number of hydrogen-bond acceptors (Lipinski definition) is 7. The van der Waals surface area contributed by atoms with Gasteiger partial charge in [-0.3, -0.25) is 4.79 Å². The summed E-state index contributed by atoms with van der Waals surface area (Å²) in [5.41, 5.74) is 1.32. The third-order valence-corrected chi connectivity index (χ3v) is 5.04. The first-order valence-corrected chi connectivity index (χ1v) is 9.52. The minimum Gasteiger partial charge on any atom is -0.454 e. The molecule has 0 spiro atoms. The Hall–Kier alpha value is -2.87. The quantitative estimate of drug-likeness (QED) is 0.699. The van der Waals surface area contributed by atoms with Gasteiger partial charge in [-0.1, -0.05) is 11.2 Å². The Bertz CT molecular complexity index is 950.